The van der Waals surface area contributed by atoms with Gasteiger partial charge in [0, 0.05) is 12.3 Å². The average Bonchev–Trinajstić information content (AvgIpc) is 3.33. The molecule has 0 radical (unpaired) electrons. The van der Waals surface area contributed by atoms with Crippen LogP contribution in [-0.2, 0) is 16.0 Å². The zero-order valence-electron chi connectivity index (χ0n) is 22.5. The van der Waals surface area contributed by atoms with E-state index in [9.17, 15) is 14.7 Å². The van der Waals surface area contributed by atoms with Crippen LogP contribution in [-0.4, -0.2) is 36.9 Å². The molecule has 0 heterocycles. The van der Waals surface area contributed by atoms with E-state index < -0.39 is 18.1 Å². The van der Waals surface area contributed by atoms with E-state index in [1.165, 1.54) is 0 Å². The molecule has 2 N–H and O–H groups in total. The summed E-state index contributed by atoms with van der Waals surface area (Å²) in [7, 11) is 1.65. The summed E-state index contributed by atoms with van der Waals surface area (Å²) in [6.07, 6.45) is -0.626. The Hall–Kier alpha value is -5.10. The topological polar surface area (TPSA) is 84.9 Å². The summed E-state index contributed by atoms with van der Waals surface area (Å²) in [4.78, 5) is 24.9. The van der Waals surface area contributed by atoms with Gasteiger partial charge in [-0.3, -0.25) is 0 Å². The summed E-state index contributed by atoms with van der Waals surface area (Å²) in [6, 6.07) is 34.8. The molecule has 1 aliphatic carbocycles. The Bertz CT molecular complexity index is 1720. The number of nitrogens with one attached hydrogen (secondary N) is 1. The van der Waals surface area contributed by atoms with Crippen LogP contribution in [0.1, 0.15) is 22.6 Å². The lowest BCUT2D eigenvalue weighted by molar-refractivity contribution is -0.139. The molecule has 0 spiro atoms. The Morgan fingerprint density at radius 2 is 1.44 bits per heavy atom. The highest BCUT2D eigenvalue weighted by Gasteiger charge is 2.29. The highest BCUT2D eigenvalue weighted by atomic mass is 16.5. The number of methoxy groups -OCH3 is 1. The molecule has 6 nitrogen and oxygen atoms in total. The lowest BCUT2D eigenvalue weighted by Gasteiger charge is -2.18. The van der Waals surface area contributed by atoms with Gasteiger partial charge in [-0.25, -0.2) is 9.59 Å². The minimum atomic E-state index is -1.13. The van der Waals surface area contributed by atoms with Crippen molar-refractivity contribution in [2.45, 2.75) is 18.4 Å². The number of rotatable bonds is 8. The molecule has 6 rings (SSSR count). The first-order chi connectivity index (χ1) is 20.0. The molecule has 204 valence electrons. The normalized spacial score (nSPS) is 12.8. The van der Waals surface area contributed by atoms with E-state index in [4.69, 9.17) is 9.47 Å². The fourth-order valence-corrected chi connectivity index (χ4v) is 5.63. The zero-order chi connectivity index (χ0) is 28.3. The monoisotopic (exact) mass is 543 g/mol. The number of carboxylic acids is 1. The van der Waals surface area contributed by atoms with Crippen LogP contribution in [0.25, 0.3) is 33.0 Å². The van der Waals surface area contributed by atoms with Crippen molar-refractivity contribution in [2.75, 3.05) is 13.7 Å². The van der Waals surface area contributed by atoms with E-state index in [1.54, 1.807) is 7.11 Å². The Kier molecular flexibility index (Phi) is 7.13. The van der Waals surface area contributed by atoms with Gasteiger partial charge in [-0.15, -0.1) is 0 Å². The molecule has 1 unspecified atom stereocenters. The molecule has 0 aliphatic heterocycles. The first kappa shape index (κ1) is 26.1. The largest absolute Gasteiger partial charge is 0.497 e. The van der Waals surface area contributed by atoms with Crippen LogP contribution in [0.2, 0.25) is 0 Å². The van der Waals surface area contributed by atoms with E-state index >= 15 is 0 Å². The highest BCUT2D eigenvalue weighted by molar-refractivity contribution is 5.88. The molecule has 0 bridgehead atoms. The lowest BCUT2D eigenvalue weighted by Crippen LogP contribution is -2.42. The molecule has 1 aliphatic rings. The molecule has 5 aromatic rings. The molecule has 0 fully saturated rings. The van der Waals surface area contributed by atoms with Crippen LogP contribution in [0.3, 0.4) is 0 Å². The van der Waals surface area contributed by atoms with Crippen LogP contribution in [0, 0.1) is 0 Å². The minimum Gasteiger partial charge on any atom is -0.497 e. The molecule has 0 aromatic heterocycles. The second kappa shape index (κ2) is 11.2. The standard InChI is InChI=1S/C35H29NO5/c1-40-27-16-15-25-19-24(13-14-26(25)20-27)23-8-6-7-22(17-23)18-33(34(37)38)36-35(39)41-21-32-30-11-4-2-9-28(30)29-10-3-5-12-31(29)32/h2-17,19-20,32-33H,18,21H2,1H3,(H,36,39)(H,37,38). The van der Waals surface area contributed by atoms with Crippen molar-refractivity contribution in [3.63, 3.8) is 0 Å². The molecule has 1 atom stereocenters. The van der Waals surface area contributed by atoms with Crippen molar-refractivity contribution in [1.29, 1.82) is 0 Å². The van der Waals surface area contributed by atoms with Crippen LogP contribution in [0.15, 0.2) is 109 Å². The van der Waals surface area contributed by atoms with Crippen molar-refractivity contribution >= 4 is 22.8 Å². The number of amides is 1. The van der Waals surface area contributed by atoms with Gasteiger partial charge in [-0.2, -0.15) is 0 Å². The van der Waals surface area contributed by atoms with E-state index in [-0.39, 0.29) is 18.9 Å². The van der Waals surface area contributed by atoms with Crippen molar-refractivity contribution in [2.24, 2.45) is 0 Å². The summed E-state index contributed by atoms with van der Waals surface area (Å²) in [5, 5.41) is 14.6. The summed E-state index contributed by atoms with van der Waals surface area (Å²) in [5.74, 6) is -0.421. The number of carbonyl (C=O) groups is 2. The first-order valence-corrected chi connectivity index (χ1v) is 13.5. The molecule has 0 saturated heterocycles. The third kappa shape index (κ3) is 5.37. The van der Waals surface area contributed by atoms with E-state index in [0.717, 1.165) is 55.5 Å². The van der Waals surface area contributed by atoms with Crippen LogP contribution < -0.4 is 10.1 Å². The van der Waals surface area contributed by atoms with Gasteiger partial charge in [-0.05, 0) is 67.9 Å². The van der Waals surface area contributed by atoms with Gasteiger partial charge in [0.05, 0.1) is 7.11 Å². The third-order valence-corrected chi connectivity index (χ3v) is 7.68. The summed E-state index contributed by atoms with van der Waals surface area (Å²) in [5.41, 5.74) is 7.23. The molecular formula is C35H29NO5. The SMILES string of the molecule is COc1ccc2cc(-c3cccc(CC(NC(=O)OCC4c5ccccc5-c5ccccc54)C(=O)O)c3)ccc2c1. The van der Waals surface area contributed by atoms with Crippen molar-refractivity contribution in [3.05, 3.63) is 126 Å². The minimum absolute atomic E-state index is 0.101. The van der Waals surface area contributed by atoms with Crippen molar-refractivity contribution in [3.8, 4) is 28.0 Å². The maximum atomic E-state index is 12.8. The predicted octanol–water partition coefficient (Wildman–Crippen LogP) is 7.05. The van der Waals surface area contributed by atoms with Gasteiger partial charge in [0.2, 0.25) is 0 Å². The molecular weight excluding hydrogens is 514 g/mol. The fraction of sp³-hybridized carbons (Fsp3) is 0.143. The zero-order valence-corrected chi connectivity index (χ0v) is 22.5. The molecule has 0 saturated carbocycles. The van der Waals surface area contributed by atoms with E-state index in [1.807, 2.05) is 91.0 Å². The van der Waals surface area contributed by atoms with Crippen molar-refractivity contribution < 1.29 is 24.2 Å². The number of alkyl carbamates (subject to hydrolysis) is 1. The van der Waals surface area contributed by atoms with Crippen LogP contribution in [0.4, 0.5) is 4.79 Å². The Labute approximate surface area is 238 Å². The maximum Gasteiger partial charge on any atom is 0.407 e. The number of fused-ring (bicyclic) bond motifs is 4. The molecule has 41 heavy (non-hydrogen) atoms. The number of aliphatic carboxylic acids is 1. The summed E-state index contributed by atoms with van der Waals surface area (Å²) < 4.78 is 10.9. The van der Waals surface area contributed by atoms with Gasteiger partial charge in [-0.1, -0.05) is 91.0 Å². The number of benzene rings is 5. The van der Waals surface area contributed by atoms with Gasteiger partial charge < -0.3 is 19.9 Å². The van der Waals surface area contributed by atoms with Gasteiger partial charge in [0.15, 0.2) is 0 Å². The lowest BCUT2D eigenvalue weighted by atomic mass is 9.97. The average molecular weight is 544 g/mol. The smallest absolute Gasteiger partial charge is 0.407 e. The second-order valence-electron chi connectivity index (χ2n) is 10.2. The van der Waals surface area contributed by atoms with Gasteiger partial charge in [0.25, 0.3) is 0 Å². The molecule has 6 heteroatoms. The van der Waals surface area contributed by atoms with Crippen LogP contribution >= 0.6 is 0 Å². The summed E-state index contributed by atoms with van der Waals surface area (Å²) >= 11 is 0. The Morgan fingerprint density at radius 1 is 0.780 bits per heavy atom. The third-order valence-electron chi connectivity index (χ3n) is 7.68. The van der Waals surface area contributed by atoms with Gasteiger partial charge >= 0.3 is 12.1 Å². The second-order valence-corrected chi connectivity index (χ2v) is 10.2. The Morgan fingerprint density at radius 3 is 2.15 bits per heavy atom. The van der Waals surface area contributed by atoms with Crippen molar-refractivity contribution in [1.82, 2.24) is 5.32 Å². The maximum absolute atomic E-state index is 12.8. The first-order valence-electron chi connectivity index (χ1n) is 13.5. The van der Waals surface area contributed by atoms with Crippen LogP contribution in [0.5, 0.6) is 5.75 Å². The van der Waals surface area contributed by atoms with Gasteiger partial charge in [0.1, 0.15) is 18.4 Å². The fourth-order valence-electron chi connectivity index (χ4n) is 5.63. The Balaban J connectivity index is 1.14. The molecule has 1 amide bonds. The number of carboxylic acid groups (broad SMARTS) is 1. The highest BCUT2D eigenvalue weighted by Crippen LogP contribution is 2.44. The van der Waals surface area contributed by atoms with E-state index in [0.29, 0.717) is 0 Å². The molecule has 5 aromatic carbocycles. The quantitative estimate of drug-likeness (QED) is 0.219. The number of ether oxygens (including phenoxy) is 2. The summed E-state index contributed by atoms with van der Waals surface area (Å²) in [6.45, 7) is 0.121. The number of hydrogen-bond acceptors (Lipinski definition) is 4. The number of hydrogen-bond donors (Lipinski definition) is 2. The van der Waals surface area contributed by atoms with E-state index in [2.05, 4.69) is 23.5 Å². The number of carbonyl (C=O) groups excluding carboxylic acids is 1. The predicted molar refractivity (Wildman–Crippen MR) is 159 cm³/mol.